The summed E-state index contributed by atoms with van der Waals surface area (Å²) in [6.07, 6.45) is 7.55. The van der Waals surface area contributed by atoms with E-state index in [-0.39, 0.29) is 29.3 Å². The van der Waals surface area contributed by atoms with Gasteiger partial charge in [0.2, 0.25) is 0 Å². The number of imidazole rings is 2. The number of aliphatic carboxylic acids is 1. The fourth-order valence-electron chi connectivity index (χ4n) is 4.26. The van der Waals surface area contributed by atoms with Crippen molar-refractivity contribution in [2.75, 3.05) is 0 Å². The lowest BCUT2D eigenvalue weighted by Gasteiger charge is -2.52. The molecule has 1 fully saturated rings. The Morgan fingerprint density at radius 3 is 2.07 bits per heavy atom. The number of carboxylic acid groups (broad SMARTS) is 1. The molecule has 1 aliphatic rings. The molecule has 152 valence electrons. The standard InChI is InChI=1S/C19H28N6O3/c1-11(12-10-13(17(26)27)19(12,2)3)22-18(28)23-14(15-20-6-8-24(15)4)16-21-7-9-25(16)5/h6-9,11-14H,10H2,1-5H3,(H,26,27)(H2,22,23,28)/t11?,12-,13+/m0/s1. The highest BCUT2D eigenvalue weighted by Crippen LogP contribution is 2.52. The van der Waals surface area contributed by atoms with Crippen molar-refractivity contribution in [3.63, 3.8) is 0 Å². The van der Waals surface area contributed by atoms with Crippen molar-refractivity contribution in [3.8, 4) is 0 Å². The number of urea groups is 1. The second-order valence-corrected chi connectivity index (χ2v) is 8.19. The fourth-order valence-corrected chi connectivity index (χ4v) is 4.26. The number of carbonyl (C=O) groups excluding carboxylic acids is 1. The van der Waals surface area contributed by atoms with Crippen molar-refractivity contribution in [1.29, 1.82) is 0 Å². The van der Waals surface area contributed by atoms with Gasteiger partial charge in [-0.3, -0.25) is 4.79 Å². The second-order valence-electron chi connectivity index (χ2n) is 8.19. The van der Waals surface area contributed by atoms with E-state index in [1.54, 1.807) is 12.4 Å². The van der Waals surface area contributed by atoms with E-state index in [9.17, 15) is 14.7 Å². The number of aryl methyl sites for hydroxylation is 2. The summed E-state index contributed by atoms with van der Waals surface area (Å²) in [4.78, 5) is 32.8. The number of amides is 2. The van der Waals surface area contributed by atoms with Gasteiger partial charge in [-0.1, -0.05) is 13.8 Å². The van der Waals surface area contributed by atoms with Gasteiger partial charge in [-0.2, -0.15) is 0 Å². The maximum absolute atomic E-state index is 12.7. The average molecular weight is 388 g/mol. The van der Waals surface area contributed by atoms with Gasteiger partial charge >= 0.3 is 12.0 Å². The minimum absolute atomic E-state index is 0.0964. The molecule has 2 heterocycles. The Morgan fingerprint density at radius 2 is 1.68 bits per heavy atom. The lowest BCUT2D eigenvalue weighted by molar-refractivity contribution is -0.160. The Kier molecular flexibility index (Phi) is 5.18. The van der Waals surface area contributed by atoms with Crippen LogP contribution in [-0.2, 0) is 18.9 Å². The molecule has 0 saturated heterocycles. The van der Waals surface area contributed by atoms with Gasteiger partial charge in [0.25, 0.3) is 0 Å². The maximum atomic E-state index is 12.7. The van der Waals surface area contributed by atoms with Crippen LogP contribution in [-0.4, -0.2) is 42.3 Å². The first-order chi connectivity index (χ1) is 13.1. The van der Waals surface area contributed by atoms with Gasteiger partial charge in [-0.25, -0.2) is 14.8 Å². The highest BCUT2D eigenvalue weighted by molar-refractivity contribution is 5.75. The van der Waals surface area contributed by atoms with E-state index in [2.05, 4.69) is 20.6 Å². The van der Waals surface area contributed by atoms with Gasteiger partial charge < -0.3 is 24.9 Å². The molecular formula is C19H28N6O3. The molecule has 2 aromatic heterocycles. The molecule has 0 bridgehead atoms. The van der Waals surface area contributed by atoms with Gasteiger partial charge in [-0.05, 0) is 24.7 Å². The molecule has 3 atom stereocenters. The van der Waals surface area contributed by atoms with Crippen LogP contribution in [0.5, 0.6) is 0 Å². The predicted octanol–water partition coefficient (Wildman–Crippen LogP) is 1.68. The highest BCUT2D eigenvalue weighted by atomic mass is 16.4. The van der Waals surface area contributed by atoms with Crippen molar-refractivity contribution < 1.29 is 14.7 Å². The first-order valence-corrected chi connectivity index (χ1v) is 9.37. The predicted molar refractivity (Wildman–Crippen MR) is 102 cm³/mol. The summed E-state index contributed by atoms with van der Waals surface area (Å²) in [6.45, 7) is 5.81. The number of hydrogen-bond donors (Lipinski definition) is 3. The number of carboxylic acids is 1. The molecule has 1 aliphatic carbocycles. The zero-order valence-electron chi connectivity index (χ0n) is 16.9. The summed E-state index contributed by atoms with van der Waals surface area (Å²) < 4.78 is 3.69. The van der Waals surface area contributed by atoms with Crippen molar-refractivity contribution in [2.24, 2.45) is 31.3 Å². The summed E-state index contributed by atoms with van der Waals surface area (Å²) in [6, 6.07) is -1.000. The van der Waals surface area contributed by atoms with E-state index in [4.69, 9.17) is 0 Å². The SMILES string of the molecule is CC(NC(=O)NC(c1nccn1C)c1nccn1C)[C@@H]1C[C@H](C(=O)O)C1(C)C. The van der Waals surface area contributed by atoms with Gasteiger partial charge in [0.05, 0.1) is 5.92 Å². The number of aromatic nitrogens is 4. The molecule has 0 spiro atoms. The third-order valence-corrected chi connectivity index (χ3v) is 6.11. The summed E-state index contributed by atoms with van der Waals surface area (Å²) in [5.74, 6) is 0.290. The lowest BCUT2D eigenvalue weighted by Crippen LogP contribution is -2.58. The average Bonchev–Trinajstić information content (AvgIpc) is 3.19. The molecule has 2 aromatic rings. The molecule has 0 aliphatic heterocycles. The smallest absolute Gasteiger partial charge is 0.315 e. The maximum Gasteiger partial charge on any atom is 0.315 e. The second kappa shape index (κ2) is 7.29. The van der Waals surface area contributed by atoms with Crippen LogP contribution < -0.4 is 10.6 Å². The molecule has 9 nitrogen and oxygen atoms in total. The van der Waals surface area contributed by atoms with Crippen LogP contribution in [0.25, 0.3) is 0 Å². The van der Waals surface area contributed by atoms with Gasteiger partial charge in [0.1, 0.15) is 17.7 Å². The molecule has 2 amide bonds. The van der Waals surface area contributed by atoms with Crippen LogP contribution in [0.1, 0.15) is 44.9 Å². The van der Waals surface area contributed by atoms with Crippen LogP contribution in [0, 0.1) is 17.3 Å². The van der Waals surface area contributed by atoms with Crippen molar-refractivity contribution in [2.45, 2.75) is 39.3 Å². The van der Waals surface area contributed by atoms with E-state index in [1.807, 2.05) is 56.4 Å². The van der Waals surface area contributed by atoms with Crippen LogP contribution in [0.4, 0.5) is 4.79 Å². The Hall–Kier alpha value is -2.84. The van der Waals surface area contributed by atoms with E-state index in [0.29, 0.717) is 18.1 Å². The van der Waals surface area contributed by atoms with Crippen LogP contribution in [0.2, 0.25) is 0 Å². The topological polar surface area (TPSA) is 114 Å². The Morgan fingerprint density at radius 1 is 1.14 bits per heavy atom. The first-order valence-electron chi connectivity index (χ1n) is 9.37. The Balaban J connectivity index is 1.71. The minimum Gasteiger partial charge on any atom is -0.481 e. The third kappa shape index (κ3) is 3.48. The number of nitrogens with zero attached hydrogens (tertiary/aromatic N) is 4. The highest BCUT2D eigenvalue weighted by Gasteiger charge is 2.54. The Labute approximate surface area is 164 Å². The number of rotatable bonds is 6. The van der Waals surface area contributed by atoms with Crippen molar-refractivity contribution in [1.82, 2.24) is 29.7 Å². The minimum atomic E-state index is -0.775. The van der Waals surface area contributed by atoms with Crippen molar-refractivity contribution in [3.05, 3.63) is 36.4 Å². The number of hydrogen-bond acceptors (Lipinski definition) is 4. The lowest BCUT2D eigenvalue weighted by atomic mass is 9.53. The van der Waals surface area contributed by atoms with E-state index < -0.39 is 12.0 Å². The van der Waals surface area contributed by atoms with E-state index in [0.717, 1.165) is 0 Å². The van der Waals surface area contributed by atoms with Gasteiger partial charge in [-0.15, -0.1) is 0 Å². The van der Waals surface area contributed by atoms with E-state index in [1.165, 1.54) is 0 Å². The summed E-state index contributed by atoms with van der Waals surface area (Å²) in [7, 11) is 3.73. The van der Waals surface area contributed by atoms with Crippen LogP contribution in [0.3, 0.4) is 0 Å². The number of nitrogens with one attached hydrogen (secondary N) is 2. The first kappa shape index (κ1) is 19.9. The monoisotopic (exact) mass is 388 g/mol. The molecule has 1 saturated carbocycles. The fraction of sp³-hybridized carbons (Fsp3) is 0.579. The number of carbonyl (C=O) groups is 2. The summed E-state index contributed by atoms with van der Waals surface area (Å²) >= 11 is 0. The van der Waals surface area contributed by atoms with E-state index >= 15 is 0 Å². The molecule has 0 aromatic carbocycles. The largest absolute Gasteiger partial charge is 0.481 e. The normalized spacial score (nSPS) is 21.8. The molecule has 28 heavy (non-hydrogen) atoms. The molecule has 9 heteroatoms. The summed E-state index contributed by atoms with van der Waals surface area (Å²) in [5.41, 5.74) is -0.364. The quantitative estimate of drug-likeness (QED) is 0.697. The zero-order valence-corrected chi connectivity index (χ0v) is 16.9. The Bertz CT molecular complexity index is 830. The van der Waals surface area contributed by atoms with Gasteiger partial charge in [0.15, 0.2) is 0 Å². The third-order valence-electron chi connectivity index (χ3n) is 6.11. The molecule has 3 rings (SSSR count). The van der Waals surface area contributed by atoms with Crippen LogP contribution >= 0.6 is 0 Å². The molecule has 3 N–H and O–H groups in total. The molecular weight excluding hydrogens is 360 g/mol. The van der Waals surface area contributed by atoms with Crippen molar-refractivity contribution >= 4 is 12.0 Å². The molecule has 1 unspecified atom stereocenters. The molecule has 0 radical (unpaired) electrons. The van der Waals surface area contributed by atoms with Gasteiger partial charge in [0, 0.05) is 44.9 Å². The zero-order chi connectivity index (χ0) is 20.6. The van der Waals surface area contributed by atoms with Crippen LogP contribution in [0.15, 0.2) is 24.8 Å². The summed E-state index contributed by atoms with van der Waals surface area (Å²) in [5, 5.41) is 15.3.